The second-order valence-corrected chi connectivity index (χ2v) is 5.49. The van der Waals surface area contributed by atoms with Crippen molar-refractivity contribution >= 4 is 22.6 Å². The normalized spacial score (nSPS) is 17.1. The summed E-state index contributed by atoms with van der Waals surface area (Å²) in [6.07, 6.45) is 0. The fourth-order valence-electron chi connectivity index (χ4n) is 1.98. The summed E-state index contributed by atoms with van der Waals surface area (Å²) in [5.74, 6) is 0.389. The Morgan fingerprint density at radius 3 is 2.67 bits per heavy atom. The molecule has 0 spiro atoms. The molecule has 1 aliphatic heterocycles. The molecule has 1 unspecified atom stereocenters. The molecule has 3 rings (SSSR count). The standard InChI is InChI=1S/C14H11NO2S/c16-14(10-4-2-1-3-5-10)11-6-7-12-13(8-11)18(17)9-15-12/h1-8,15H,9H2. The molecule has 1 aliphatic rings. The highest BCUT2D eigenvalue weighted by molar-refractivity contribution is 7.92. The number of hydrogen-bond acceptors (Lipinski definition) is 3. The Hall–Kier alpha value is -1.78. The van der Waals surface area contributed by atoms with Gasteiger partial charge < -0.3 is 9.87 Å². The van der Waals surface area contributed by atoms with Crippen LogP contribution in [0.2, 0.25) is 0 Å². The van der Waals surface area contributed by atoms with Crippen LogP contribution in [0.3, 0.4) is 0 Å². The molecule has 0 amide bonds. The maximum Gasteiger partial charge on any atom is 0.193 e. The van der Waals surface area contributed by atoms with Gasteiger partial charge in [0.05, 0.1) is 5.69 Å². The fourth-order valence-corrected chi connectivity index (χ4v) is 3.06. The lowest BCUT2D eigenvalue weighted by molar-refractivity contribution is 0.103. The van der Waals surface area contributed by atoms with Gasteiger partial charge in [0.15, 0.2) is 16.6 Å². The number of carbonyl (C=O) groups excluding carboxylic acids is 1. The van der Waals surface area contributed by atoms with Crippen molar-refractivity contribution in [3.05, 3.63) is 59.7 Å². The number of ketones is 1. The summed E-state index contributed by atoms with van der Waals surface area (Å²) in [5, 5.41) is 3.04. The fraction of sp³-hybridized carbons (Fsp3) is 0.0714. The van der Waals surface area contributed by atoms with E-state index >= 15 is 0 Å². The zero-order valence-electron chi connectivity index (χ0n) is 9.55. The molecule has 18 heavy (non-hydrogen) atoms. The minimum atomic E-state index is -1.04. The Morgan fingerprint density at radius 2 is 1.89 bits per heavy atom. The summed E-state index contributed by atoms with van der Waals surface area (Å²) in [5.41, 5.74) is 2.09. The number of nitrogens with one attached hydrogen (secondary N) is 1. The number of benzene rings is 2. The van der Waals surface area contributed by atoms with E-state index in [1.165, 1.54) is 0 Å². The second-order valence-electron chi connectivity index (χ2n) is 4.07. The van der Waals surface area contributed by atoms with Gasteiger partial charge >= 0.3 is 0 Å². The van der Waals surface area contributed by atoms with Crippen LogP contribution in [-0.4, -0.2) is 16.2 Å². The average Bonchev–Trinajstić information content (AvgIpc) is 2.80. The predicted molar refractivity (Wildman–Crippen MR) is 71.2 cm³/mol. The number of rotatable bonds is 2. The summed E-state index contributed by atoms with van der Waals surface area (Å²) >= 11 is -1.04. The zero-order chi connectivity index (χ0) is 12.5. The van der Waals surface area contributed by atoms with Crippen molar-refractivity contribution in [3.63, 3.8) is 0 Å². The molecule has 2 aromatic carbocycles. The van der Waals surface area contributed by atoms with Crippen LogP contribution in [0.5, 0.6) is 0 Å². The SMILES string of the molecule is O=C(c1ccccc1)c1ccc2c(c1)[S+]([O-])CN2. The molecule has 1 atom stereocenters. The first-order valence-corrected chi connectivity index (χ1v) is 6.93. The molecule has 0 aromatic heterocycles. The molecule has 0 radical (unpaired) electrons. The number of carbonyl (C=O) groups is 1. The van der Waals surface area contributed by atoms with Crippen molar-refractivity contribution in [1.82, 2.24) is 0 Å². The Balaban J connectivity index is 1.99. The van der Waals surface area contributed by atoms with Gasteiger partial charge in [-0.05, 0) is 12.1 Å². The number of hydrogen-bond donors (Lipinski definition) is 1. The smallest absolute Gasteiger partial charge is 0.193 e. The van der Waals surface area contributed by atoms with Gasteiger partial charge in [0.1, 0.15) is 0 Å². The van der Waals surface area contributed by atoms with Gasteiger partial charge in [0.25, 0.3) is 0 Å². The third-order valence-corrected chi connectivity index (χ3v) is 4.15. The van der Waals surface area contributed by atoms with E-state index in [9.17, 15) is 9.35 Å². The van der Waals surface area contributed by atoms with Gasteiger partial charge in [-0.25, -0.2) is 0 Å². The quantitative estimate of drug-likeness (QED) is 0.664. The Kier molecular flexibility index (Phi) is 2.81. The van der Waals surface area contributed by atoms with Crippen molar-refractivity contribution in [2.75, 3.05) is 11.2 Å². The maximum atomic E-state index is 12.2. The molecule has 1 heterocycles. The van der Waals surface area contributed by atoms with Crippen molar-refractivity contribution in [1.29, 1.82) is 0 Å². The van der Waals surface area contributed by atoms with Crippen LogP contribution in [0, 0.1) is 0 Å². The molecule has 0 saturated heterocycles. The molecule has 0 saturated carbocycles. The molecule has 0 bridgehead atoms. The van der Waals surface area contributed by atoms with Gasteiger partial charge in [-0.1, -0.05) is 30.3 Å². The third kappa shape index (κ3) is 1.89. The highest BCUT2D eigenvalue weighted by atomic mass is 32.2. The van der Waals surface area contributed by atoms with Crippen molar-refractivity contribution in [2.45, 2.75) is 4.90 Å². The molecule has 4 heteroatoms. The topological polar surface area (TPSA) is 52.2 Å². The summed E-state index contributed by atoms with van der Waals surface area (Å²) in [6, 6.07) is 14.4. The van der Waals surface area contributed by atoms with Crippen molar-refractivity contribution in [2.24, 2.45) is 0 Å². The van der Waals surface area contributed by atoms with Gasteiger partial charge in [-0.3, -0.25) is 4.79 Å². The summed E-state index contributed by atoms with van der Waals surface area (Å²) < 4.78 is 11.7. The van der Waals surface area contributed by atoms with Crippen LogP contribution in [0.25, 0.3) is 0 Å². The molecular weight excluding hydrogens is 246 g/mol. The summed E-state index contributed by atoms with van der Waals surface area (Å²) in [4.78, 5) is 13.0. The molecule has 2 aromatic rings. The van der Waals surface area contributed by atoms with E-state index in [4.69, 9.17) is 0 Å². The van der Waals surface area contributed by atoms with Gasteiger partial charge in [-0.2, -0.15) is 0 Å². The van der Waals surface area contributed by atoms with Crippen LogP contribution in [-0.2, 0) is 11.2 Å². The molecular formula is C14H11NO2S. The van der Waals surface area contributed by atoms with Crippen LogP contribution in [0.15, 0.2) is 53.4 Å². The largest absolute Gasteiger partial charge is 0.610 e. The van der Waals surface area contributed by atoms with Gasteiger partial charge in [0.2, 0.25) is 0 Å². The Bertz CT molecular complexity index is 598. The summed E-state index contributed by atoms with van der Waals surface area (Å²) in [7, 11) is 0. The van der Waals surface area contributed by atoms with E-state index in [0.29, 0.717) is 17.0 Å². The summed E-state index contributed by atoms with van der Waals surface area (Å²) in [6.45, 7) is 0. The lowest BCUT2D eigenvalue weighted by Crippen LogP contribution is -2.04. The number of anilines is 1. The minimum Gasteiger partial charge on any atom is -0.610 e. The minimum absolute atomic E-state index is 0.0395. The predicted octanol–water partition coefficient (Wildman–Crippen LogP) is 2.41. The van der Waals surface area contributed by atoms with Crippen molar-refractivity contribution in [3.8, 4) is 0 Å². The monoisotopic (exact) mass is 257 g/mol. The van der Waals surface area contributed by atoms with E-state index in [-0.39, 0.29) is 5.78 Å². The molecule has 0 aliphatic carbocycles. The lowest BCUT2D eigenvalue weighted by Gasteiger charge is -2.04. The first kappa shape index (κ1) is 11.3. The van der Waals surface area contributed by atoms with E-state index in [1.807, 2.05) is 24.3 Å². The first-order chi connectivity index (χ1) is 8.75. The van der Waals surface area contributed by atoms with E-state index in [1.54, 1.807) is 24.3 Å². The van der Waals surface area contributed by atoms with Crippen LogP contribution < -0.4 is 5.32 Å². The van der Waals surface area contributed by atoms with Gasteiger partial charge in [-0.15, -0.1) is 0 Å². The van der Waals surface area contributed by atoms with Crippen LogP contribution in [0.1, 0.15) is 15.9 Å². The van der Waals surface area contributed by atoms with Crippen LogP contribution >= 0.6 is 0 Å². The molecule has 0 fully saturated rings. The highest BCUT2D eigenvalue weighted by Crippen LogP contribution is 2.29. The Labute approximate surface area is 108 Å². The van der Waals surface area contributed by atoms with E-state index in [0.717, 1.165) is 10.6 Å². The maximum absolute atomic E-state index is 12.2. The molecule has 3 nitrogen and oxygen atoms in total. The third-order valence-electron chi connectivity index (χ3n) is 2.92. The highest BCUT2D eigenvalue weighted by Gasteiger charge is 2.25. The zero-order valence-corrected chi connectivity index (χ0v) is 10.4. The van der Waals surface area contributed by atoms with E-state index < -0.39 is 11.2 Å². The van der Waals surface area contributed by atoms with Crippen molar-refractivity contribution < 1.29 is 9.35 Å². The van der Waals surface area contributed by atoms with E-state index in [2.05, 4.69) is 5.32 Å². The van der Waals surface area contributed by atoms with Crippen LogP contribution in [0.4, 0.5) is 5.69 Å². The number of fused-ring (bicyclic) bond motifs is 1. The lowest BCUT2D eigenvalue weighted by atomic mass is 10.0. The Morgan fingerprint density at radius 1 is 1.11 bits per heavy atom. The first-order valence-electron chi connectivity index (χ1n) is 5.62. The molecule has 1 N–H and O–H groups in total. The average molecular weight is 257 g/mol. The van der Waals surface area contributed by atoms with Gasteiger partial charge in [0, 0.05) is 28.4 Å². The molecule has 90 valence electrons. The second kappa shape index (κ2) is 4.48.